The Morgan fingerprint density at radius 2 is 1.73 bits per heavy atom. The standard InChI is InChI=1S/C23H24N4O3/c1-2-3-5-15-7-9-16(10-8-15)21(28)25-26-22(29)17-11-12-18-19(14-17)24-20-6-4-13-27(20)23(18)30/h7-12,14H,2-6,13H2,1H3,(H,25,28)(H,26,29). The molecule has 0 saturated heterocycles. The van der Waals surface area contributed by atoms with E-state index in [-0.39, 0.29) is 11.5 Å². The summed E-state index contributed by atoms with van der Waals surface area (Å²) < 4.78 is 1.69. The van der Waals surface area contributed by atoms with Crippen LogP contribution in [0.25, 0.3) is 10.9 Å². The van der Waals surface area contributed by atoms with Crippen molar-refractivity contribution in [3.63, 3.8) is 0 Å². The number of hydrazine groups is 1. The van der Waals surface area contributed by atoms with E-state index in [2.05, 4.69) is 22.8 Å². The molecule has 30 heavy (non-hydrogen) atoms. The van der Waals surface area contributed by atoms with Crippen molar-refractivity contribution in [3.8, 4) is 0 Å². The van der Waals surface area contributed by atoms with Gasteiger partial charge in [-0.1, -0.05) is 25.5 Å². The fourth-order valence-corrected chi connectivity index (χ4v) is 3.69. The van der Waals surface area contributed by atoms with Gasteiger partial charge in [0.05, 0.1) is 10.9 Å². The molecule has 0 fully saturated rings. The number of carbonyl (C=O) groups excluding carboxylic acids is 2. The first-order chi connectivity index (χ1) is 14.6. The number of rotatable bonds is 5. The molecule has 2 aromatic carbocycles. The summed E-state index contributed by atoms with van der Waals surface area (Å²) in [5.41, 5.74) is 7.27. The highest BCUT2D eigenvalue weighted by Crippen LogP contribution is 2.16. The summed E-state index contributed by atoms with van der Waals surface area (Å²) in [6, 6.07) is 12.1. The Morgan fingerprint density at radius 3 is 2.47 bits per heavy atom. The topological polar surface area (TPSA) is 93.1 Å². The van der Waals surface area contributed by atoms with E-state index in [1.165, 1.54) is 5.56 Å². The summed E-state index contributed by atoms with van der Waals surface area (Å²) >= 11 is 0. The van der Waals surface area contributed by atoms with Gasteiger partial charge in [-0.2, -0.15) is 0 Å². The van der Waals surface area contributed by atoms with Crippen LogP contribution in [0.3, 0.4) is 0 Å². The maximum absolute atomic E-state index is 12.5. The highest BCUT2D eigenvalue weighted by atomic mass is 16.2. The van der Waals surface area contributed by atoms with Crippen molar-refractivity contribution in [3.05, 3.63) is 75.3 Å². The molecule has 2 N–H and O–H groups in total. The van der Waals surface area contributed by atoms with E-state index in [0.717, 1.165) is 37.9 Å². The molecule has 0 spiro atoms. The molecule has 154 valence electrons. The van der Waals surface area contributed by atoms with Gasteiger partial charge in [0.15, 0.2) is 0 Å². The van der Waals surface area contributed by atoms with Crippen molar-refractivity contribution in [2.24, 2.45) is 0 Å². The van der Waals surface area contributed by atoms with Crippen LogP contribution < -0.4 is 16.4 Å². The molecule has 3 aromatic rings. The van der Waals surface area contributed by atoms with E-state index in [1.807, 2.05) is 12.1 Å². The second-order valence-corrected chi connectivity index (χ2v) is 7.53. The fourth-order valence-electron chi connectivity index (χ4n) is 3.69. The zero-order chi connectivity index (χ0) is 21.1. The fraction of sp³-hybridized carbons (Fsp3) is 0.304. The predicted octanol–water partition coefficient (Wildman–Crippen LogP) is 2.76. The predicted molar refractivity (Wildman–Crippen MR) is 114 cm³/mol. The number of aryl methyl sites for hydroxylation is 2. The Kier molecular flexibility index (Phi) is 5.61. The third kappa shape index (κ3) is 3.96. The van der Waals surface area contributed by atoms with E-state index < -0.39 is 5.91 Å². The van der Waals surface area contributed by atoms with Gasteiger partial charge < -0.3 is 0 Å². The van der Waals surface area contributed by atoms with E-state index in [4.69, 9.17) is 0 Å². The molecule has 2 amide bonds. The second-order valence-electron chi connectivity index (χ2n) is 7.53. The summed E-state index contributed by atoms with van der Waals surface area (Å²) in [5, 5.41) is 0.490. The number of benzene rings is 2. The number of fused-ring (bicyclic) bond motifs is 2. The second kappa shape index (κ2) is 8.49. The zero-order valence-corrected chi connectivity index (χ0v) is 16.9. The number of nitrogens with one attached hydrogen (secondary N) is 2. The highest BCUT2D eigenvalue weighted by Gasteiger charge is 2.17. The number of unbranched alkanes of at least 4 members (excludes halogenated alkanes) is 1. The summed E-state index contributed by atoms with van der Waals surface area (Å²) in [6.45, 7) is 2.83. The number of hydrogen-bond donors (Lipinski definition) is 2. The first-order valence-electron chi connectivity index (χ1n) is 10.3. The summed E-state index contributed by atoms with van der Waals surface area (Å²) in [5.74, 6) is -0.103. The summed E-state index contributed by atoms with van der Waals surface area (Å²) in [6.07, 6.45) is 4.87. The zero-order valence-electron chi connectivity index (χ0n) is 16.9. The lowest BCUT2D eigenvalue weighted by molar-refractivity contribution is 0.0847. The van der Waals surface area contributed by atoms with Crippen LogP contribution >= 0.6 is 0 Å². The van der Waals surface area contributed by atoms with Crippen molar-refractivity contribution in [1.82, 2.24) is 20.4 Å². The molecule has 7 heteroatoms. The first-order valence-corrected chi connectivity index (χ1v) is 10.3. The van der Waals surface area contributed by atoms with Gasteiger partial charge in [-0.3, -0.25) is 29.8 Å². The minimum atomic E-state index is -0.466. The van der Waals surface area contributed by atoms with Gasteiger partial charge in [-0.25, -0.2) is 4.98 Å². The summed E-state index contributed by atoms with van der Waals surface area (Å²) in [7, 11) is 0. The van der Waals surface area contributed by atoms with E-state index in [1.54, 1.807) is 34.9 Å². The third-order valence-corrected chi connectivity index (χ3v) is 5.40. The Hall–Kier alpha value is -3.48. The van der Waals surface area contributed by atoms with Crippen LogP contribution in [0, 0.1) is 0 Å². The van der Waals surface area contributed by atoms with Gasteiger partial charge in [0.2, 0.25) is 0 Å². The van der Waals surface area contributed by atoms with E-state index in [0.29, 0.717) is 28.6 Å². The van der Waals surface area contributed by atoms with Crippen LogP contribution in [-0.2, 0) is 19.4 Å². The van der Waals surface area contributed by atoms with Crippen molar-refractivity contribution >= 4 is 22.7 Å². The largest absolute Gasteiger partial charge is 0.296 e. The van der Waals surface area contributed by atoms with Gasteiger partial charge in [-0.05, 0) is 55.2 Å². The molecule has 1 aromatic heterocycles. The van der Waals surface area contributed by atoms with E-state index in [9.17, 15) is 14.4 Å². The molecule has 1 aliphatic heterocycles. The monoisotopic (exact) mass is 404 g/mol. The Morgan fingerprint density at radius 1 is 1.03 bits per heavy atom. The Bertz CT molecular complexity index is 1170. The Balaban J connectivity index is 1.43. The molecule has 4 rings (SSSR count). The van der Waals surface area contributed by atoms with Crippen molar-refractivity contribution in [2.75, 3.05) is 0 Å². The molecule has 2 heterocycles. The van der Waals surface area contributed by atoms with Gasteiger partial charge in [0, 0.05) is 24.1 Å². The van der Waals surface area contributed by atoms with Crippen LogP contribution in [0.15, 0.2) is 47.3 Å². The quantitative estimate of drug-likeness (QED) is 0.640. The van der Waals surface area contributed by atoms with Crippen LogP contribution in [0.1, 0.15) is 58.3 Å². The molecular formula is C23H24N4O3. The van der Waals surface area contributed by atoms with Gasteiger partial charge in [0.25, 0.3) is 17.4 Å². The molecule has 0 saturated carbocycles. The maximum Gasteiger partial charge on any atom is 0.269 e. The lowest BCUT2D eigenvalue weighted by Gasteiger charge is -2.09. The molecular weight excluding hydrogens is 380 g/mol. The van der Waals surface area contributed by atoms with Crippen molar-refractivity contribution in [2.45, 2.75) is 45.6 Å². The van der Waals surface area contributed by atoms with Crippen LogP contribution in [0.4, 0.5) is 0 Å². The number of amides is 2. The molecule has 1 aliphatic rings. The minimum absolute atomic E-state index is 0.0739. The highest BCUT2D eigenvalue weighted by molar-refractivity contribution is 6.00. The molecule has 0 atom stereocenters. The number of nitrogens with zero attached hydrogens (tertiary/aromatic N) is 2. The van der Waals surface area contributed by atoms with Crippen LogP contribution in [0.5, 0.6) is 0 Å². The number of aromatic nitrogens is 2. The van der Waals surface area contributed by atoms with E-state index >= 15 is 0 Å². The van der Waals surface area contributed by atoms with Gasteiger partial charge >= 0.3 is 0 Å². The lowest BCUT2D eigenvalue weighted by atomic mass is 10.1. The minimum Gasteiger partial charge on any atom is -0.296 e. The lowest BCUT2D eigenvalue weighted by Crippen LogP contribution is -2.41. The normalized spacial score (nSPS) is 12.6. The Labute approximate surface area is 174 Å². The molecule has 0 bridgehead atoms. The number of hydrogen-bond acceptors (Lipinski definition) is 4. The molecule has 0 radical (unpaired) electrons. The van der Waals surface area contributed by atoms with Crippen LogP contribution in [-0.4, -0.2) is 21.4 Å². The van der Waals surface area contributed by atoms with Crippen LogP contribution in [0.2, 0.25) is 0 Å². The van der Waals surface area contributed by atoms with Crippen molar-refractivity contribution in [1.29, 1.82) is 0 Å². The SMILES string of the molecule is CCCCc1ccc(C(=O)NNC(=O)c2ccc3c(=O)n4c(nc3c2)CCC4)cc1. The van der Waals surface area contributed by atoms with Gasteiger partial charge in [0.1, 0.15) is 5.82 Å². The van der Waals surface area contributed by atoms with Crippen molar-refractivity contribution < 1.29 is 9.59 Å². The first kappa shape index (κ1) is 19.8. The summed E-state index contributed by atoms with van der Waals surface area (Å²) in [4.78, 5) is 41.8. The third-order valence-electron chi connectivity index (χ3n) is 5.40. The van der Waals surface area contributed by atoms with Gasteiger partial charge in [-0.15, -0.1) is 0 Å². The molecule has 0 unspecified atom stereocenters. The molecule has 7 nitrogen and oxygen atoms in total. The average Bonchev–Trinajstić information content (AvgIpc) is 3.24. The maximum atomic E-state index is 12.5. The smallest absolute Gasteiger partial charge is 0.269 e. The number of carbonyl (C=O) groups is 2. The average molecular weight is 404 g/mol. The molecule has 0 aliphatic carbocycles.